The molecule has 0 fully saturated rings. The number of aryl methyl sites for hydroxylation is 2. The predicted octanol–water partition coefficient (Wildman–Crippen LogP) is 1.47. The van der Waals surface area contributed by atoms with Crippen LogP contribution in [0.2, 0.25) is 13.1 Å². The Balaban J connectivity index is 0.00000193. The topological polar surface area (TPSA) is 0 Å². The van der Waals surface area contributed by atoms with Crippen LogP contribution in [-0.2, 0) is 37.0 Å². The number of hydrogen-bond acceptors (Lipinski definition) is 0. The minimum atomic E-state index is -1.93. The SMILES string of the molecule is Cc1[cH-]c2ccc(C(C)(C)C)cc2c1[Si](C)(C)c1c(C)[cH-]c2ccc(C(C)(C)C)cc12.[Cl-].[Cl-].[Zr+4]. The van der Waals surface area contributed by atoms with Gasteiger partial charge < -0.3 is 24.8 Å². The monoisotopic (exact) mass is 586 g/mol. The Bertz CT molecular complexity index is 1190. The zero-order chi connectivity index (χ0) is 22.9. The van der Waals surface area contributed by atoms with Gasteiger partial charge in [0.25, 0.3) is 0 Å². The van der Waals surface area contributed by atoms with Gasteiger partial charge in [-0.15, -0.1) is 81.2 Å². The van der Waals surface area contributed by atoms with Crippen LogP contribution in [0.15, 0.2) is 48.5 Å². The van der Waals surface area contributed by atoms with Gasteiger partial charge in [0.15, 0.2) is 0 Å². The van der Waals surface area contributed by atoms with Crippen LogP contribution in [0.25, 0.3) is 21.5 Å². The Morgan fingerprint density at radius 2 is 0.941 bits per heavy atom. The molecule has 0 amide bonds. The van der Waals surface area contributed by atoms with Gasteiger partial charge in [0.1, 0.15) is 0 Å². The molecule has 0 bridgehead atoms. The van der Waals surface area contributed by atoms with Gasteiger partial charge in [-0.2, -0.15) is 10.4 Å². The second-order valence-corrected chi connectivity index (χ2v) is 16.4. The van der Waals surface area contributed by atoms with E-state index < -0.39 is 8.07 Å². The third-order valence-electron chi connectivity index (χ3n) is 7.16. The maximum Gasteiger partial charge on any atom is 4.00 e. The Kier molecular flexibility index (Phi) is 9.57. The van der Waals surface area contributed by atoms with Crippen molar-refractivity contribution in [1.29, 1.82) is 0 Å². The number of rotatable bonds is 2. The number of halogens is 2. The molecule has 4 heteroatoms. The maximum absolute atomic E-state index is 2.56. The van der Waals surface area contributed by atoms with Crippen molar-refractivity contribution < 1.29 is 51.0 Å². The molecule has 4 rings (SSSR count). The average molecular weight is 589 g/mol. The molecule has 0 saturated heterocycles. The van der Waals surface area contributed by atoms with Gasteiger partial charge in [-0.3, -0.25) is 0 Å². The van der Waals surface area contributed by atoms with E-state index in [1.807, 2.05) is 0 Å². The molecule has 0 radical (unpaired) electrons. The van der Waals surface area contributed by atoms with Crippen LogP contribution in [0.4, 0.5) is 0 Å². The van der Waals surface area contributed by atoms with E-state index in [0.717, 1.165) is 0 Å². The molecule has 34 heavy (non-hydrogen) atoms. The van der Waals surface area contributed by atoms with Crippen molar-refractivity contribution in [3.05, 3.63) is 70.8 Å². The Hall–Kier alpha value is -0.660. The predicted molar refractivity (Wildman–Crippen MR) is 143 cm³/mol. The van der Waals surface area contributed by atoms with Crippen LogP contribution >= 0.6 is 0 Å². The molecule has 0 saturated carbocycles. The van der Waals surface area contributed by atoms with E-state index in [0.29, 0.717) is 0 Å². The third-order valence-corrected chi connectivity index (χ3v) is 11.0. The van der Waals surface area contributed by atoms with Gasteiger partial charge in [-0.25, -0.2) is 0 Å². The fourth-order valence-electron chi connectivity index (χ4n) is 5.55. The van der Waals surface area contributed by atoms with Crippen molar-refractivity contribution in [2.24, 2.45) is 0 Å². The van der Waals surface area contributed by atoms with Gasteiger partial charge >= 0.3 is 26.2 Å². The maximum atomic E-state index is 2.56. The van der Waals surface area contributed by atoms with Crippen LogP contribution in [0.5, 0.6) is 0 Å². The van der Waals surface area contributed by atoms with Crippen molar-refractivity contribution in [3.63, 3.8) is 0 Å². The molecule has 0 nitrogen and oxygen atoms in total. The summed E-state index contributed by atoms with van der Waals surface area (Å²) >= 11 is 0. The van der Waals surface area contributed by atoms with Gasteiger partial charge in [0.05, 0.1) is 0 Å². The van der Waals surface area contributed by atoms with Gasteiger partial charge in [0, 0.05) is 8.07 Å². The molecule has 0 N–H and O–H groups in total. The normalized spacial score (nSPS) is 12.3. The summed E-state index contributed by atoms with van der Waals surface area (Å²) in [5, 5.41) is 8.97. The summed E-state index contributed by atoms with van der Waals surface area (Å²) in [6, 6.07) is 19.1. The summed E-state index contributed by atoms with van der Waals surface area (Å²) in [7, 11) is -1.93. The van der Waals surface area contributed by atoms with Crippen LogP contribution < -0.4 is 35.2 Å². The molecule has 0 atom stereocenters. The van der Waals surface area contributed by atoms with E-state index in [4.69, 9.17) is 0 Å². The molecule has 0 heterocycles. The molecule has 4 aromatic carbocycles. The van der Waals surface area contributed by atoms with Crippen LogP contribution in [0, 0.1) is 13.8 Å². The quantitative estimate of drug-likeness (QED) is 0.246. The minimum absolute atomic E-state index is 0. The Labute approximate surface area is 239 Å². The molecule has 180 valence electrons. The van der Waals surface area contributed by atoms with Crippen molar-refractivity contribution in [2.75, 3.05) is 0 Å². The van der Waals surface area contributed by atoms with E-state index in [2.05, 4.69) is 117 Å². The standard InChI is InChI=1S/C30H38Si.2ClH.Zr/c1-19-15-21-11-13-23(29(3,4)5)17-25(21)27(19)31(9,10)28-20(2)16-22-12-14-24(18-26(22)28)30(6,7)8;;;/h11-18H,1-10H3;2*1H;/q-2;;;+4/p-2. The van der Waals surface area contributed by atoms with E-state index in [1.165, 1.54) is 43.8 Å². The Morgan fingerprint density at radius 3 is 1.24 bits per heavy atom. The fraction of sp³-hybridized carbons (Fsp3) is 0.400. The molecule has 0 spiro atoms. The molecule has 0 unspecified atom stereocenters. The zero-order valence-corrected chi connectivity index (χ0v) is 27.3. The first-order valence-corrected chi connectivity index (χ1v) is 14.6. The molecule has 0 aromatic heterocycles. The molecular weight excluding hydrogens is 551 g/mol. The summed E-state index contributed by atoms with van der Waals surface area (Å²) in [4.78, 5) is 0. The smallest absolute Gasteiger partial charge is 1.00 e. The summed E-state index contributed by atoms with van der Waals surface area (Å²) in [5.41, 5.74) is 6.09. The molecule has 0 aliphatic carbocycles. The first kappa shape index (κ1) is 31.4. The Morgan fingerprint density at radius 1 is 0.618 bits per heavy atom. The van der Waals surface area contributed by atoms with Crippen molar-refractivity contribution in [3.8, 4) is 0 Å². The summed E-state index contributed by atoms with van der Waals surface area (Å²) in [6.07, 6.45) is 0. The largest absolute Gasteiger partial charge is 4.00 e. The van der Waals surface area contributed by atoms with Gasteiger partial charge in [0.2, 0.25) is 0 Å². The average Bonchev–Trinajstić information content (AvgIpc) is 3.14. The van der Waals surface area contributed by atoms with Crippen LogP contribution in [0.1, 0.15) is 63.8 Å². The van der Waals surface area contributed by atoms with Crippen molar-refractivity contribution >= 4 is 40.0 Å². The zero-order valence-electron chi connectivity index (χ0n) is 22.4. The van der Waals surface area contributed by atoms with Gasteiger partial charge in [-0.05, 0) is 10.8 Å². The molecule has 0 aliphatic heterocycles. The number of hydrogen-bond donors (Lipinski definition) is 0. The fourth-order valence-corrected chi connectivity index (χ4v) is 9.70. The number of fused-ring (bicyclic) bond motifs is 2. The van der Waals surface area contributed by atoms with E-state index >= 15 is 0 Å². The van der Waals surface area contributed by atoms with Crippen molar-refractivity contribution in [2.45, 2.75) is 79.3 Å². The van der Waals surface area contributed by atoms with Crippen LogP contribution in [0.3, 0.4) is 0 Å². The van der Waals surface area contributed by atoms with E-state index in [9.17, 15) is 0 Å². The first-order chi connectivity index (χ1) is 14.2. The molecule has 4 aromatic rings. The van der Waals surface area contributed by atoms with Gasteiger partial charge in [-0.1, -0.05) is 79.6 Å². The summed E-state index contributed by atoms with van der Waals surface area (Å²) in [5.74, 6) is 0. The van der Waals surface area contributed by atoms with E-state index in [-0.39, 0.29) is 61.8 Å². The first-order valence-electron chi connectivity index (χ1n) is 11.6. The second-order valence-electron chi connectivity index (χ2n) is 12.1. The summed E-state index contributed by atoms with van der Waals surface area (Å²) < 4.78 is 0. The minimum Gasteiger partial charge on any atom is -1.00 e. The molecule has 0 aliphatic rings. The van der Waals surface area contributed by atoms with Crippen molar-refractivity contribution in [1.82, 2.24) is 0 Å². The second kappa shape index (κ2) is 10.4. The number of benzene rings is 2. The molecular formula is C30H38Cl2SiZr. The van der Waals surface area contributed by atoms with Crippen LogP contribution in [-0.4, -0.2) is 8.07 Å². The van der Waals surface area contributed by atoms with E-state index in [1.54, 1.807) is 10.4 Å². The third kappa shape index (κ3) is 5.36. The summed E-state index contributed by atoms with van der Waals surface area (Å²) in [6.45, 7) is 23.6.